The molecular weight excluding hydrogens is 216 g/mol. The minimum absolute atomic E-state index is 0.796. The van der Waals surface area contributed by atoms with Gasteiger partial charge in [-0.25, -0.2) is 0 Å². The molecule has 1 N–H and O–H groups in total. The summed E-state index contributed by atoms with van der Waals surface area (Å²) in [6.07, 6.45) is 7.22. The molecule has 92 valence electrons. The molecule has 2 atom stereocenters. The molecule has 0 amide bonds. The Bertz CT molecular complexity index is 218. The Hall–Kier alpha value is 0.270. The van der Waals surface area contributed by atoms with E-state index in [-0.39, 0.29) is 0 Å². The van der Waals surface area contributed by atoms with Gasteiger partial charge < -0.3 is 5.32 Å². The molecule has 16 heavy (non-hydrogen) atoms. The van der Waals surface area contributed by atoms with Gasteiger partial charge in [0.1, 0.15) is 0 Å². The van der Waals surface area contributed by atoms with Gasteiger partial charge >= 0.3 is 0 Å². The van der Waals surface area contributed by atoms with E-state index in [0.717, 1.165) is 18.0 Å². The summed E-state index contributed by atoms with van der Waals surface area (Å²) in [6.45, 7) is 3.96. The van der Waals surface area contributed by atoms with Crippen molar-refractivity contribution < 1.29 is 0 Å². The molecule has 2 unspecified atom stereocenters. The van der Waals surface area contributed by atoms with Crippen molar-refractivity contribution in [1.82, 2.24) is 10.2 Å². The van der Waals surface area contributed by atoms with E-state index in [4.69, 9.17) is 0 Å². The van der Waals surface area contributed by atoms with Crippen LogP contribution in [-0.4, -0.2) is 48.1 Å². The standard InChI is InChI=1S/C13H24N2S/c1-2-12(14-6-1)9-15(8-11-3-4-11)13-5-7-16-10-13/h11-14H,1-10H2. The highest BCUT2D eigenvalue weighted by Crippen LogP contribution is 2.32. The maximum atomic E-state index is 3.66. The van der Waals surface area contributed by atoms with E-state index in [1.807, 2.05) is 0 Å². The second-order valence-corrected chi connectivity index (χ2v) is 6.86. The summed E-state index contributed by atoms with van der Waals surface area (Å²) in [6, 6.07) is 1.69. The van der Waals surface area contributed by atoms with Gasteiger partial charge in [0, 0.05) is 30.9 Å². The van der Waals surface area contributed by atoms with Crippen LogP contribution in [0.5, 0.6) is 0 Å². The Morgan fingerprint density at radius 3 is 2.69 bits per heavy atom. The monoisotopic (exact) mass is 240 g/mol. The first kappa shape index (κ1) is 11.4. The lowest BCUT2D eigenvalue weighted by Crippen LogP contribution is -2.44. The molecule has 3 aliphatic rings. The molecule has 0 aromatic carbocycles. The van der Waals surface area contributed by atoms with E-state index in [2.05, 4.69) is 22.0 Å². The fourth-order valence-corrected chi connectivity index (χ4v) is 4.27. The smallest absolute Gasteiger partial charge is 0.0195 e. The number of hydrogen-bond acceptors (Lipinski definition) is 3. The molecule has 2 heterocycles. The fourth-order valence-electron chi connectivity index (χ4n) is 3.01. The van der Waals surface area contributed by atoms with Gasteiger partial charge in [0.25, 0.3) is 0 Å². The molecule has 0 aromatic heterocycles. The van der Waals surface area contributed by atoms with Crippen molar-refractivity contribution in [2.24, 2.45) is 5.92 Å². The molecule has 2 saturated heterocycles. The average molecular weight is 240 g/mol. The number of thioether (sulfide) groups is 1. The van der Waals surface area contributed by atoms with Crippen molar-refractivity contribution >= 4 is 11.8 Å². The minimum atomic E-state index is 0.796. The second kappa shape index (κ2) is 5.28. The van der Waals surface area contributed by atoms with Gasteiger partial charge in [-0.15, -0.1) is 0 Å². The third-order valence-corrected chi connectivity index (χ3v) is 5.37. The molecule has 0 radical (unpaired) electrons. The summed E-state index contributed by atoms with van der Waals surface area (Å²) >= 11 is 2.15. The first-order valence-corrected chi connectivity index (χ1v) is 8.12. The number of nitrogens with zero attached hydrogens (tertiary/aromatic N) is 1. The first-order valence-electron chi connectivity index (χ1n) is 6.97. The molecule has 2 aliphatic heterocycles. The van der Waals surface area contributed by atoms with Gasteiger partial charge in [0.2, 0.25) is 0 Å². The number of rotatable bonds is 5. The van der Waals surface area contributed by atoms with Gasteiger partial charge in [-0.05, 0) is 50.3 Å². The molecule has 0 spiro atoms. The van der Waals surface area contributed by atoms with Crippen LogP contribution in [0.4, 0.5) is 0 Å². The molecule has 2 nitrogen and oxygen atoms in total. The SMILES string of the molecule is C1CNC(CN(CC2CC2)C2CCSC2)C1. The quantitative estimate of drug-likeness (QED) is 0.791. The fraction of sp³-hybridized carbons (Fsp3) is 1.00. The van der Waals surface area contributed by atoms with Crippen molar-refractivity contribution in [2.45, 2.75) is 44.2 Å². The lowest BCUT2D eigenvalue weighted by molar-refractivity contribution is 0.186. The van der Waals surface area contributed by atoms with Crippen LogP contribution in [0.15, 0.2) is 0 Å². The van der Waals surface area contributed by atoms with Crippen LogP contribution in [0.3, 0.4) is 0 Å². The summed E-state index contributed by atoms with van der Waals surface area (Å²) in [5.74, 6) is 3.83. The number of nitrogens with one attached hydrogen (secondary N) is 1. The van der Waals surface area contributed by atoms with Crippen LogP contribution >= 0.6 is 11.8 Å². The highest BCUT2D eigenvalue weighted by Gasteiger charge is 2.31. The lowest BCUT2D eigenvalue weighted by Gasteiger charge is -2.31. The van der Waals surface area contributed by atoms with Crippen molar-refractivity contribution in [3.8, 4) is 0 Å². The van der Waals surface area contributed by atoms with Crippen molar-refractivity contribution in [2.75, 3.05) is 31.1 Å². The van der Waals surface area contributed by atoms with E-state index in [1.54, 1.807) is 0 Å². The average Bonchev–Trinajstić information content (AvgIpc) is 2.82. The molecule has 0 bridgehead atoms. The maximum Gasteiger partial charge on any atom is 0.0195 e. The Balaban J connectivity index is 1.53. The van der Waals surface area contributed by atoms with Crippen LogP contribution in [0.1, 0.15) is 32.1 Å². The van der Waals surface area contributed by atoms with Crippen molar-refractivity contribution in [3.05, 3.63) is 0 Å². The van der Waals surface area contributed by atoms with E-state index in [0.29, 0.717) is 0 Å². The van der Waals surface area contributed by atoms with Gasteiger partial charge in [0.15, 0.2) is 0 Å². The van der Waals surface area contributed by atoms with Crippen LogP contribution in [-0.2, 0) is 0 Å². The van der Waals surface area contributed by atoms with Crippen LogP contribution in [0.2, 0.25) is 0 Å². The lowest BCUT2D eigenvalue weighted by atomic mass is 10.1. The van der Waals surface area contributed by atoms with E-state index in [9.17, 15) is 0 Å². The molecule has 3 heteroatoms. The zero-order valence-corrected chi connectivity index (χ0v) is 11.0. The van der Waals surface area contributed by atoms with E-state index >= 15 is 0 Å². The summed E-state index contributed by atoms with van der Waals surface area (Å²) in [5, 5.41) is 3.66. The molecule has 3 rings (SSSR count). The van der Waals surface area contributed by atoms with E-state index < -0.39 is 0 Å². The first-order chi connectivity index (χ1) is 7.92. The zero-order valence-electron chi connectivity index (χ0n) is 10.2. The van der Waals surface area contributed by atoms with Gasteiger partial charge in [-0.3, -0.25) is 4.90 Å². The summed E-state index contributed by atoms with van der Waals surface area (Å²) in [5.41, 5.74) is 0. The normalized spacial score (nSPS) is 35.1. The third-order valence-electron chi connectivity index (χ3n) is 4.23. The Kier molecular flexibility index (Phi) is 3.75. The maximum absolute atomic E-state index is 3.66. The molecular formula is C13H24N2S. The zero-order chi connectivity index (χ0) is 10.8. The molecule has 3 fully saturated rings. The van der Waals surface area contributed by atoms with Gasteiger partial charge in [0.05, 0.1) is 0 Å². The van der Waals surface area contributed by atoms with Gasteiger partial charge in [-0.2, -0.15) is 11.8 Å². The topological polar surface area (TPSA) is 15.3 Å². The minimum Gasteiger partial charge on any atom is -0.313 e. The highest BCUT2D eigenvalue weighted by molar-refractivity contribution is 7.99. The van der Waals surface area contributed by atoms with Crippen LogP contribution < -0.4 is 5.32 Å². The second-order valence-electron chi connectivity index (χ2n) is 5.71. The Morgan fingerprint density at radius 1 is 1.12 bits per heavy atom. The van der Waals surface area contributed by atoms with Gasteiger partial charge in [-0.1, -0.05) is 0 Å². The summed E-state index contributed by atoms with van der Waals surface area (Å²) in [7, 11) is 0. The predicted octanol–water partition coefficient (Wildman–Crippen LogP) is 1.96. The van der Waals surface area contributed by atoms with Crippen molar-refractivity contribution in [1.29, 1.82) is 0 Å². The molecule has 1 saturated carbocycles. The van der Waals surface area contributed by atoms with Crippen molar-refractivity contribution in [3.63, 3.8) is 0 Å². The Morgan fingerprint density at radius 2 is 2.06 bits per heavy atom. The van der Waals surface area contributed by atoms with Crippen LogP contribution in [0.25, 0.3) is 0 Å². The third kappa shape index (κ3) is 2.93. The largest absolute Gasteiger partial charge is 0.313 e. The summed E-state index contributed by atoms with van der Waals surface area (Å²) < 4.78 is 0. The number of hydrogen-bond donors (Lipinski definition) is 1. The Labute approximate surface area is 104 Å². The summed E-state index contributed by atoms with van der Waals surface area (Å²) in [4.78, 5) is 2.82. The highest BCUT2D eigenvalue weighted by atomic mass is 32.2. The predicted molar refractivity (Wildman–Crippen MR) is 71.1 cm³/mol. The molecule has 0 aromatic rings. The van der Waals surface area contributed by atoms with E-state index in [1.165, 1.54) is 63.2 Å². The molecule has 1 aliphatic carbocycles. The van der Waals surface area contributed by atoms with Crippen LogP contribution in [0, 0.1) is 5.92 Å².